The van der Waals surface area contributed by atoms with Crippen molar-refractivity contribution in [1.29, 1.82) is 0 Å². The van der Waals surface area contributed by atoms with Crippen LogP contribution in [0.1, 0.15) is 19.8 Å². The summed E-state index contributed by atoms with van der Waals surface area (Å²) in [5.74, 6) is 0.295. The summed E-state index contributed by atoms with van der Waals surface area (Å²) in [6, 6.07) is 9.89. The van der Waals surface area contributed by atoms with Gasteiger partial charge >= 0.3 is 6.03 Å². The molecule has 2 heterocycles. The lowest BCUT2D eigenvalue weighted by Crippen LogP contribution is -2.42. The first kappa shape index (κ1) is 16.0. The fraction of sp³-hybridized carbons (Fsp3) is 0.412. The van der Waals surface area contributed by atoms with Gasteiger partial charge in [0.15, 0.2) is 5.13 Å². The molecular weight excluding hydrogens is 310 g/mol. The average molecular weight is 331 g/mol. The molecule has 0 saturated carbocycles. The topological polar surface area (TPSA) is 65.5 Å². The number of amides is 2. The standard InChI is InChI=1S/C17H21N3O2S/c1-12(21)13-7-9-20(10-8-13)17(22)19-16-18-11-15(23-16)14-5-3-2-4-6-14/h2-6,11-13,21H,7-10H2,1H3,(H,18,19,22). The number of anilines is 1. The molecule has 2 N–H and O–H groups in total. The smallest absolute Gasteiger partial charge is 0.323 e. The maximum absolute atomic E-state index is 12.3. The van der Waals surface area contributed by atoms with Crippen molar-refractivity contribution in [3.05, 3.63) is 36.5 Å². The Kier molecular flexibility index (Phi) is 4.93. The highest BCUT2D eigenvalue weighted by Crippen LogP contribution is 2.29. The molecule has 1 fully saturated rings. The second-order valence-corrected chi connectivity index (χ2v) is 6.92. The van der Waals surface area contributed by atoms with Crippen molar-refractivity contribution in [1.82, 2.24) is 9.88 Å². The predicted octanol–water partition coefficient (Wildman–Crippen LogP) is 3.43. The first-order valence-electron chi connectivity index (χ1n) is 7.88. The van der Waals surface area contributed by atoms with Crippen LogP contribution in [-0.4, -0.2) is 40.2 Å². The third-order valence-electron chi connectivity index (χ3n) is 4.29. The van der Waals surface area contributed by atoms with E-state index in [-0.39, 0.29) is 12.1 Å². The van der Waals surface area contributed by atoms with Gasteiger partial charge in [-0.2, -0.15) is 0 Å². The number of aliphatic hydroxyl groups excluding tert-OH is 1. The highest BCUT2D eigenvalue weighted by atomic mass is 32.1. The molecule has 122 valence electrons. The van der Waals surface area contributed by atoms with Crippen LogP contribution in [0.3, 0.4) is 0 Å². The van der Waals surface area contributed by atoms with Crippen LogP contribution in [0.2, 0.25) is 0 Å². The number of hydrogen-bond donors (Lipinski definition) is 2. The van der Waals surface area contributed by atoms with E-state index in [0.717, 1.165) is 23.3 Å². The summed E-state index contributed by atoms with van der Waals surface area (Å²) >= 11 is 1.47. The second-order valence-electron chi connectivity index (χ2n) is 5.89. The maximum atomic E-state index is 12.3. The molecule has 0 bridgehead atoms. The van der Waals surface area contributed by atoms with E-state index in [2.05, 4.69) is 10.3 Å². The minimum absolute atomic E-state index is 0.108. The third kappa shape index (κ3) is 3.89. The van der Waals surface area contributed by atoms with E-state index >= 15 is 0 Å². The van der Waals surface area contributed by atoms with Gasteiger partial charge in [-0.15, -0.1) is 0 Å². The first-order chi connectivity index (χ1) is 11.1. The third-order valence-corrected chi connectivity index (χ3v) is 5.25. The second kappa shape index (κ2) is 7.10. The Morgan fingerprint density at radius 1 is 1.35 bits per heavy atom. The molecule has 1 atom stereocenters. The number of nitrogens with zero attached hydrogens (tertiary/aromatic N) is 2. The van der Waals surface area contributed by atoms with Crippen LogP contribution in [0.4, 0.5) is 9.93 Å². The fourth-order valence-corrected chi connectivity index (χ4v) is 3.63. The van der Waals surface area contributed by atoms with Gasteiger partial charge in [0.05, 0.1) is 11.0 Å². The van der Waals surface area contributed by atoms with Crippen LogP contribution in [0.15, 0.2) is 36.5 Å². The van der Waals surface area contributed by atoms with E-state index in [4.69, 9.17) is 0 Å². The number of urea groups is 1. The van der Waals surface area contributed by atoms with Crippen LogP contribution in [0.5, 0.6) is 0 Å². The number of rotatable bonds is 3. The van der Waals surface area contributed by atoms with Gasteiger partial charge in [0.1, 0.15) is 0 Å². The summed E-state index contributed by atoms with van der Waals surface area (Å²) in [6.07, 6.45) is 3.18. The summed E-state index contributed by atoms with van der Waals surface area (Å²) in [4.78, 5) is 19.4. The zero-order valence-electron chi connectivity index (χ0n) is 13.1. The average Bonchev–Trinajstić information content (AvgIpc) is 3.04. The van der Waals surface area contributed by atoms with Gasteiger partial charge in [0.2, 0.25) is 0 Å². The van der Waals surface area contributed by atoms with Gasteiger partial charge < -0.3 is 10.0 Å². The SMILES string of the molecule is CC(O)C1CCN(C(=O)Nc2ncc(-c3ccccc3)s2)CC1. The van der Waals surface area contributed by atoms with Crippen molar-refractivity contribution in [2.75, 3.05) is 18.4 Å². The first-order valence-corrected chi connectivity index (χ1v) is 8.70. The summed E-state index contributed by atoms with van der Waals surface area (Å²) in [6.45, 7) is 3.18. The highest BCUT2D eigenvalue weighted by Gasteiger charge is 2.25. The highest BCUT2D eigenvalue weighted by molar-refractivity contribution is 7.19. The number of benzene rings is 1. The molecule has 0 aliphatic carbocycles. The zero-order chi connectivity index (χ0) is 16.2. The lowest BCUT2D eigenvalue weighted by Gasteiger charge is -2.32. The lowest BCUT2D eigenvalue weighted by molar-refractivity contribution is 0.0820. The van der Waals surface area contributed by atoms with Crippen molar-refractivity contribution >= 4 is 22.5 Å². The number of carbonyl (C=O) groups is 1. The van der Waals surface area contributed by atoms with Crippen LogP contribution in [0, 0.1) is 5.92 Å². The van der Waals surface area contributed by atoms with Crippen LogP contribution in [-0.2, 0) is 0 Å². The predicted molar refractivity (Wildman–Crippen MR) is 92.5 cm³/mol. The van der Waals surface area contributed by atoms with E-state index in [1.54, 1.807) is 11.1 Å². The molecule has 3 rings (SSSR count). The molecule has 2 aromatic rings. The maximum Gasteiger partial charge on any atom is 0.323 e. The van der Waals surface area contributed by atoms with Gasteiger partial charge in [-0.05, 0) is 31.2 Å². The number of carbonyl (C=O) groups excluding carboxylic acids is 1. The molecule has 5 nitrogen and oxygen atoms in total. The number of piperidine rings is 1. The Morgan fingerprint density at radius 3 is 2.70 bits per heavy atom. The normalized spacial score (nSPS) is 17.0. The van der Waals surface area contributed by atoms with Crippen LogP contribution < -0.4 is 5.32 Å². The molecule has 1 aromatic heterocycles. The molecule has 1 unspecified atom stereocenters. The van der Waals surface area contributed by atoms with Crippen LogP contribution in [0.25, 0.3) is 10.4 Å². The number of thiazole rings is 1. The van der Waals surface area contributed by atoms with Gasteiger partial charge in [0, 0.05) is 19.3 Å². The minimum Gasteiger partial charge on any atom is -0.393 e. The van der Waals surface area contributed by atoms with Crippen molar-refractivity contribution < 1.29 is 9.90 Å². The largest absolute Gasteiger partial charge is 0.393 e. The summed E-state index contributed by atoms with van der Waals surface area (Å²) in [5, 5.41) is 13.1. The van der Waals surface area contributed by atoms with Crippen LogP contribution >= 0.6 is 11.3 Å². The summed E-state index contributed by atoms with van der Waals surface area (Å²) in [7, 11) is 0. The number of hydrogen-bond acceptors (Lipinski definition) is 4. The van der Waals surface area contributed by atoms with E-state index in [9.17, 15) is 9.90 Å². The van der Waals surface area contributed by atoms with Gasteiger partial charge in [-0.1, -0.05) is 41.7 Å². The summed E-state index contributed by atoms with van der Waals surface area (Å²) < 4.78 is 0. The quantitative estimate of drug-likeness (QED) is 0.905. The van der Waals surface area contributed by atoms with Gasteiger partial charge in [-0.25, -0.2) is 9.78 Å². The molecule has 1 aliphatic rings. The molecule has 0 radical (unpaired) electrons. The molecule has 0 spiro atoms. The lowest BCUT2D eigenvalue weighted by atomic mass is 9.92. The number of aliphatic hydroxyl groups is 1. The Morgan fingerprint density at radius 2 is 2.04 bits per heavy atom. The van der Waals surface area contributed by atoms with E-state index < -0.39 is 0 Å². The fourth-order valence-electron chi connectivity index (χ4n) is 2.82. The Bertz CT molecular complexity index is 649. The van der Waals surface area contributed by atoms with E-state index in [1.165, 1.54) is 11.3 Å². The van der Waals surface area contributed by atoms with Crippen molar-refractivity contribution in [2.45, 2.75) is 25.9 Å². The van der Waals surface area contributed by atoms with E-state index in [0.29, 0.717) is 24.1 Å². The van der Waals surface area contributed by atoms with Crippen molar-refractivity contribution in [3.63, 3.8) is 0 Å². The Labute approximate surface area is 140 Å². The zero-order valence-corrected chi connectivity index (χ0v) is 13.9. The monoisotopic (exact) mass is 331 g/mol. The Balaban J connectivity index is 1.58. The van der Waals surface area contributed by atoms with Crippen molar-refractivity contribution in [3.8, 4) is 10.4 Å². The molecule has 6 heteroatoms. The summed E-state index contributed by atoms with van der Waals surface area (Å²) in [5.41, 5.74) is 1.10. The van der Waals surface area contributed by atoms with Crippen molar-refractivity contribution in [2.24, 2.45) is 5.92 Å². The van der Waals surface area contributed by atoms with Gasteiger partial charge in [-0.3, -0.25) is 5.32 Å². The molecule has 23 heavy (non-hydrogen) atoms. The molecule has 2 amide bonds. The molecule has 1 aliphatic heterocycles. The molecule has 1 aromatic carbocycles. The number of likely N-dealkylation sites (tertiary alicyclic amines) is 1. The Hall–Kier alpha value is -1.92. The number of aromatic nitrogens is 1. The number of nitrogens with one attached hydrogen (secondary N) is 1. The van der Waals surface area contributed by atoms with Gasteiger partial charge in [0.25, 0.3) is 0 Å². The molecule has 1 saturated heterocycles. The van der Waals surface area contributed by atoms with E-state index in [1.807, 2.05) is 37.3 Å². The molecular formula is C17H21N3O2S. The minimum atomic E-state index is -0.299.